The van der Waals surface area contributed by atoms with Crippen molar-refractivity contribution in [2.75, 3.05) is 30.0 Å². The van der Waals surface area contributed by atoms with Crippen LogP contribution in [0, 0.1) is 0 Å². The summed E-state index contributed by atoms with van der Waals surface area (Å²) >= 11 is 1.78. The van der Waals surface area contributed by atoms with E-state index in [9.17, 15) is 9.90 Å². The minimum Gasteiger partial charge on any atom is -0.481 e. The van der Waals surface area contributed by atoms with Gasteiger partial charge in [-0.25, -0.2) is 0 Å². The highest BCUT2D eigenvalue weighted by atomic mass is 32.2. The third-order valence-electron chi connectivity index (χ3n) is 2.92. The van der Waals surface area contributed by atoms with Gasteiger partial charge in [0, 0.05) is 24.5 Å². The number of carboxylic acid groups (broad SMARTS) is 1. The van der Waals surface area contributed by atoms with Crippen LogP contribution in [0.3, 0.4) is 0 Å². The molecule has 1 atom stereocenters. The molecule has 0 spiro atoms. The van der Waals surface area contributed by atoms with Crippen molar-refractivity contribution in [2.45, 2.75) is 5.92 Å². The molecular formula is C12H15NO2S. The second kappa shape index (κ2) is 4.78. The molecule has 1 aromatic rings. The van der Waals surface area contributed by atoms with Gasteiger partial charge in [0.2, 0.25) is 0 Å². The second-order valence-corrected chi connectivity index (χ2v) is 4.87. The molecule has 0 saturated heterocycles. The topological polar surface area (TPSA) is 40.5 Å². The van der Waals surface area contributed by atoms with Gasteiger partial charge in [-0.3, -0.25) is 4.79 Å². The van der Waals surface area contributed by atoms with Crippen molar-refractivity contribution in [3.63, 3.8) is 0 Å². The molecule has 4 heteroatoms. The average Bonchev–Trinajstić information content (AvgIpc) is 2.65. The molecule has 1 aliphatic heterocycles. The highest BCUT2D eigenvalue weighted by molar-refractivity contribution is 7.98. The van der Waals surface area contributed by atoms with E-state index in [0.29, 0.717) is 6.54 Å². The maximum absolute atomic E-state index is 11.2. The summed E-state index contributed by atoms with van der Waals surface area (Å²) in [7, 11) is 0. The van der Waals surface area contributed by atoms with Gasteiger partial charge in [0.15, 0.2) is 0 Å². The predicted octanol–water partition coefficient (Wildman–Crippen LogP) is 2.04. The molecule has 1 heterocycles. The lowest BCUT2D eigenvalue weighted by molar-refractivity contribution is -0.138. The number of rotatable bonds is 4. The molecule has 1 aliphatic rings. The van der Waals surface area contributed by atoms with Gasteiger partial charge in [-0.1, -0.05) is 18.2 Å². The van der Waals surface area contributed by atoms with Crippen LogP contribution in [0.2, 0.25) is 0 Å². The lowest BCUT2D eigenvalue weighted by atomic mass is 10.0. The summed E-state index contributed by atoms with van der Waals surface area (Å²) in [5.74, 6) is -0.0575. The van der Waals surface area contributed by atoms with Gasteiger partial charge >= 0.3 is 5.97 Å². The first-order valence-electron chi connectivity index (χ1n) is 5.29. The van der Waals surface area contributed by atoms with E-state index in [4.69, 9.17) is 0 Å². The largest absolute Gasteiger partial charge is 0.481 e. The molecule has 0 aliphatic carbocycles. The number of nitrogens with zero attached hydrogens (tertiary/aromatic N) is 1. The van der Waals surface area contributed by atoms with Crippen molar-refractivity contribution in [1.82, 2.24) is 0 Å². The number of fused-ring (bicyclic) bond motifs is 1. The quantitative estimate of drug-likeness (QED) is 0.870. The highest BCUT2D eigenvalue weighted by Crippen LogP contribution is 2.35. The molecule has 0 amide bonds. The zero-order valence-electron chi connectivity index (χ0n) is 9.22. The van der Waals surface area contributed by atoms with Crippen molar-refractivity contribution >= 4 is 23.4 Å². The maximum Gasteiger partial charge on any atom is 0.312 e. The van der Waals surface area contributed by atoms with Gasteiger partial charge in [-0.05, 0) is 17.9 Å². The molecular weight excluding hydrogens is 222 g/mol. The van der Waals surface area contributed by atoms with E-state index in [1.54, 1.807) is 11.8 Å². The Morgan fingerprint density at radius 3 is 3.00 bits per heavy atom. The fraction of sp³-hybridized carbons (Fsp3) is 0.417. The van der Waals surface area contributed by atoms with Crippen molar-refractivity contribution in [2.24, 2.45) is 0 Å². The first kappa shape index (κ1) is 11.3. The number of anilines is 1. The molecule has 3 nitrogen and oxygen atoms in total. The van der Waals surface area contributed by atoms with E-state index in [1.165, 1.54) is 0 Å². The van der Waals surface area contributed by atoms with Crippen LogP contribution in [0.5, 0.6) is 0 Å². The lowest BCUT2D eigenvalue weighted by Gasteiger charge is -2.18. The highest BCUT2D eigenvalue weighted by Gasteiger charge is 2.32. The van der Waals surface area contributed by atoms with Gasteiger partial charge in [0.25, 0.3) is 0 Å². The van der Waals surface area contributed by atoms with Crippen LogP contribution in [0.25, 0.3) is 0 Å². The van der Waals surface area contributed by atoms with E-state index in [1.807, 2.05) is 24.3 Å². The van der Waals surface area contributed by atoms with E-state index in [2.05, 4.69) is 11.2 Å². The number of thioether (sulfide) groups is 1. The number of hydrogen-bond donors (Lipinski definition) is 1. The molecule has 0 bridgehead atoms. The normalized spacial score (nSPS) is 18.6. The van der Waals surface area contributed by atoms with Crippen LogP contribution in [0.4, 0.5) is 5.69 Å². The lowest BCUT2D eigenvalue weighted by Crippen LogP contribution is -2.26. The number of carbonyl (C=O) groups is 1. The predicted molar refractivity (Wildman–Crippen MR) is 67.4 cm³/mol. The van der Waals surface area contributed by atoms with Crippen LogP contribution in [0.15, 0.2) is 24.3 Å². The molecule has 86 valence electrons. The molecule has 0 aromatic heterocycles. The first-order valence-corrected chi connectivity index (χ1v) is 6.69. The Hall–Kier alpha value is -1.16. The van der Waals surface area contributed by atoms with Gasteiger partial charge in [0.05, 0.1) is 0 Å². The maximum atomic E-state index is 11.2. The second-order valence-electron chi connectivity index (χ2n) is 3.89. The Balaban J connectivity index is 2.24. The summed E-state index contributed by atoms with van der Waals surface area (Å²) in [5, 5.41) is 9.17. The molecule has 1 aromatic carbocycles. The van der Waals surface area contributed by atoms with Gasteiger partial charge in [0.1, 0.15) is 5.92 Å². The van der Waals surface area contributed by atoms with Crippen molar-refractivity contribution in [3.05, 3.63) is 29.8 Å². The van der Waals surface area contributed by atoms with Gasteiger partial charge < -0.3 is 10.0 Å². The summed E-state index contributed by atoms with van der Waals surface area (Å²) in [5.41, 5.74) is 2.04. The van der Waals surface area contributed by atoms with E-state index >= 15 is 0 Å². The number of carboxylic acids is 1. The Morgan fingerprint density at radius 1 is 1.56 bits per heavy atom. The van der Waals surface area contributed by atoms with Crippen molar-refractivity contribution in [1.29, 1.82) is 0 Å². The van der Waals surface area contributed by atoms with Crippen molar-refractivity contribution < 1.29 is 9.90 Å². The number of benzene rings is 1. The number of para-hydroxylation sites is 1. The van der Waals surface area contributed by atoms with E-state index in [0.717, 1.165) is 23.5 Å². The summed E-state index contributed by atoms with van der Waals surface area (Å²) in [6, 6.07) is 7.81. The Bertz CT molecular complexity index is 394. The van der Waals surface area contributed by atoms with Gasteiger partial charge in [-0.15, -0.1) is 0 Å². The van der Waals surface area contributed by atoms with Crippen molar-refractivity contribution in [3.8, 4) is 0 Å². The molecule has 0 fully saturated rings. The van der Waals surface area contributed by atoms with Gasteiger partial charge in [-0.2, -0.15) is 11.8 Å². The minimum atomic E-state index is -0.723. The molecule has 1 N–H and O–H groups in total. The molecule has 0 saturated carbocycles. The third-order valence-corrected chi connectivity index (χ3v) is 3.51. The van der Waals surface area contributed by atoms with Crippen LogP contribution in [-0.4, -0.2) is 36.2 Å². The zero-order chi connectivity index (χ0) is 11.5. The van der Waals surface area contributed by atoms with Crippen LogP contribution in [0.1, 0.15) is 11.5 Å². The SMILES string of the molecule is CSCCN1CC(C(=O)O)c2ccccc21. The Morgan fingerprint density at radius 2 is 2.31 bits per heavy atom. The smallest absolute Gasteiger partial charge is 0.312 e. The minimum absolute atomic E-state index is 0.363. The zero-order valence-corrected chi connectivity index (χ0v) is 10.0. The Labute approximate surface area is 99.5 Å². The number of hydrogen-bond acceptors (Lipinski definition) is 3. The first-order chi connectivity index (χ1) is 7.74. The standard InChI is InChI=1S/C12H15NO2S/c1-16-7-6-13-8-10(12(14)15)9-4-2-3-5-11(9)13/h2-5,10H,6-8H2,1H3,(H,14,15). The van der Waals surface area contributed by atoms with Crippen LogP contribution < -0.4 is 4.90 Å². The Kier molecular flexibility index (Phi) is 3.39. The van der Waals surface area contributed by atoms with E-state index in [-0.39, 0.29) is 5.92 Å². The number of aliphatic carboxylic acids is 1. The summed E-state index contributed by atoms with van der Waals surface area (Å²) in [4.78, 5) is 13.3. The summed E-state index contributed by atoms with van der Waals surface area (Å²) in [6.07, 6.45) is 2.07. The molecule has 1 unspecified atom stereocenters. The summed E-state index contributed by atoms with van der Waals surface area (Å²) < 4.78 is 0. The third kappa shape index (κ3) is 2.02. The monoisotopic (exact) mass is 237 g/mol. The summed E-state index contributed by atoms with van der Waals surface area (Å²) in [6.45, 7) is 1.52. The molecule has 16 heavy (non-hydrogen) atoms. The molecule has 0 radical (unpaired) electrons. The molecule has 2 rings (SSSR count). The van der Waals surface area contributed by atoms with Crippen LogP contribution in [-0.2, 0) is 4.79 Å². The fourth-order valence-electron chi connectivity index (χ4n) is 2.11. The fourth-order valence-corrected chi connectivity index (χ4v) is 2.51. The van der Waals surface area contributed by atoms with E-state index < -0.39 is 5.97 Å². The van der Waals surface area contributed by atoms with Crippen LogP contribution >= 0.6 is 11.8 Å². The average molecular weight is 237 g/mol.